The van der Waals surface area contributed by atoms with E-state index in [0.29, 0.717) is 24.1 Å². The molecule has 0 atom stereocenters. The summed E-state index contributed by atoms with van der Waals surface area (Å²) in [4.78, 5) is 15.1. The maximum absolute atomic E-state index is 10.9. The fourth-order valence-electron chi connectivity index (χ4n) is 10.0. The lowest BCUT2D eigenvalue weighted by atomic mass is 10.1. The number of hydrogen-bond acceptors (Lipinski definition) is 9. The topological polar surface area (TPSA) is 197 Å². The number of carbonyl (C=O) groups is 1. The highest BCUT2D eigenvalue weighted by Gasteiger charge is 2.37. The highest BCUT2D eigenvalue weighted by molar-refractivity contribution is 9.09. The lowest BCUT2D eigenvalue weighted by Crippen LogP contribution is -3.00. The van der Waals surface area contributed by atoms with Gasteiger partial charge in [-0.15, -0.1) is 17.0 Å². The Labute approximate surface area is 609 Å². The van der Waals surface area contributed by atoms with Crippen molar-refractivity contribution in [1.82, 2.24) is 14.1 Å². The summed E-state index contributed by atoms with van der Waals surface area (Å²) < 4.78 is 71.4. The average molecular weight is 1610 g/mol. The lowest BCUT2D eigenvalue weighted by Gasteiger charge is -2.08. The van der Waals surface area contributed by atoms with E-state index in [2.05, 4.69) is 224 Å². The zero-order valence-corrected chi connectivity index (χ0v) is 62.3. The Morgan fingerprint density at radius 2 is 0.857 bits per heavy atom. The standard InChI is InChI=1S/C30H29N3O.C18H17N2O.C12H14NO.C10H9N.C2H5BrO.C2H3N.CHF3O3S.3BrH/c1-31-19-17-23(27-7-3-5-9-29(27)31)11-13-25-15-16-26(32(25)2)14-12-24-18-20-33(21-22-34)30-10-6-4-8-28(24)30;1-19-12-11-14(17-5-3-4-6-18(17)19)7-8-15-9-10-16(13-21)20(15)2;1-10-6-7-13(8-9-14)12-5-3-2-4-11(10)12;1-8-6-7-11-10-5-3-2-4-9(8)10;3-1-2-4;1-2-3;2-1(3,4)8(5,6)7;;;/h3-20,34H,21-22H2,1-2H3;3-13H,1-2H3;2-7,14H,8-9H2,1H3;2-7H,1H3;4H,1-2H2;1H3;(H,5,6,7);3*1H/q+2;2*+1;;;;;;;/p-3. The smallest absolute Gasteiger partial charge is 0.485 e. The second-order valence-corrected chi connectivity index (χ2v) is 23.4. The number of hydrogen-bond donors (Lipinski definition) is 3. The third-order valence-electron chi connectivity index (χ3n) is 15.0. The first kappa shape index (κ1) is 83.8. The van der Waals surface area contributed by atoms with Crippen molar-refractivity contribution in [1.29, 1.82) is 5.26 Å². The molecule has 7 aromatic heterocycles. The van der Waals surface area contributed by atoms with Gasteiger partial charge in [0.05, 0.1) is 40.0 Å². The molecule has 0 aliphatic heterocycles. The molecule has 12 rings (SSSR count). The predicted octanol–water partition coefficient (Wildman–Crippen LogP) is 7.27. The normalized spacial score (nSPS) is 10.8. The summed E-state index contributed by atoms with van der Waals surface area (Å²) in [6.45, 7) is 7.42. The number of aliphatic hydroxyl groups is 3. The van der Waals surface area contributed by atoms with Crippen LogP contribution in [0.3, 0.4) is 0 Å². The number of rotatable bonds is 12. The van der Waals surface area contributed by atoms with Crippen LogP contribution in [0.4, 0.5) is 13.2 Å². The van der Waals surface area contributed by atoms with Crippen molar-refractivity contribution < 1.29 is 98.5 Å². The van der Waals surface area contributed by atoms with Gasteiger partial charge in [-0.2, -0.15) is 27.6 Å². The van der Waals surface area contributed by atoms with Crippen LogP contribution in [-0.2, 0) is 51.4 Å². The quantitative estimate of drug-likeness (QED) is 0.0370. The Bertz CT molecular complexity index is 4800. The predicted molar refractivity (Wildman–Crippen MR) is 385 cm³/mol. The van der Waals surface area contributed by atoms with E-state index in [-0.39, 0.29) is 70.8 Å². The van der Waals surface area contributed by atoms with Gasteiger partial charge in [-0.3, -0.25) is 9.78 Å². The van der Waals surface area contributed by atoms with Crippen molar-refractivity contribution in [3.8, 4) is 6.07 Å². The van der Waals surface area contributed by atoms with Crippen molar-refractivity contribution in [2.24, 2.45) is 28.2 Å². The van der Waals surface area contributed by atoms with Gasteiger partial charge in [-0.25, -0.2) is 17.6 Å². The van der Waals surface area contributed by atoms with Crippen molar-refractivity contribution in [3.05, 3.63) is 258 Å². The number of alkyl halides is 4. The highest BCUT2D eigenvalue weighted by atomic mass is 79.9. The van der Waals surface area contributed by atoms with Gasteiger partial charge in [-0.05, 0) is 121 Å². The first-order chi connectivity index (χ1) is 45.6. The number of fused-ring (bicyclic) bond motifs is 5. The minimum atomic E-state index is -6.09. The molecule has 0 spiro atoms. The third-order valence-corrected chi connectivity index (χ3v) is 15.9. The SMILES string of the molecule is Br.CC#N.Cc1cc[n+](CCO)c2ccccc12.Cc1ccnc2ccccc12.Cn1c(/C=C/c2cc[n+](C)c3ccccc23)ccc1/C=C/c1cc[n+](CCO)c2ccccc12.Cn1c(C=O)ccc1/C=C/c1cc[n+](C)c2ccccc12.O=S(=O)([O-])C(F)(F)F.OCCBr.[Br-].[Br-]. The minimum Gasteiger partial charge on any atom is -1.00 e. The molecule has 0 bridgehead atoms. The van der Waals surface area contributed by atoms with Gasteiger partial charge in [0.25, 0.3) is 0 Å². The van der Waals surface area contributed by atoms with E-state index in [9.17, 15) is 23.1 Å². The Morgan fingerprint density at radius 1 is 0.531 bits per heavy atom. The number of para-hydroxylation sites is 5. The first-order valence-corrected chi connectivity index (χ1v) is 32.5. The van der Waals surface area contributed by atoms with E-state index >= 15 is 0 Å². The molecule has 23 heteroatoms. The number of nitriles is 1. The minimum absolute atomic E-state index is 0. The van der Waals surface area contributed by atoms with Crippen LogP contribution < -0.4 is 52.2 Å². The molecule has 3 N–H and O–H groups in total. The summed E-state index contributed by atoms with van der Waals surface area (Å²) in [5.74, 6) is 0. The molecule has 98 heavy (non-hydrogen) atoms. The number of aromatic nitrogens is 7. The number of pyridine rings is 5. The molecule has 0 aliphatic rings. The van der Waals surface area contributed by atoms with E-state index in [1.165, 1.54) is 67.1 Å². The second kappa shape index (κ2) is 41.8. The number of aldehydes is 1. The number of benzene rings is 5. The molecular weight excluding hydrogens is 1530 g/mol. The molecule has 0 saturated heterocycles. The van der Waals surface area contributed by atoms with Crippen molar-refractivity contribution in [3.63, 3.8) is 0 Å². The molecule has 5 aromatic carbocycles. The van der Waals surface area contributed by atoms with Crippen LogP contribution in [0, 0.1) is 25.2 Å². The van der Waals surface area contributed by atoms with E-state index in [0.717, 1.165) is 45.5 Å². The Kier molecular flexibility index (Phi) is 35.7. The van der Waals surface area contributed by atoms with Gasteiger partial charge >= 0.3 is 5.51 Å². The largest absolute Gasteiger partial charge is 1.00 e. The van der Waals surface area contributed by atoms with Crippen LogP contribution in [-0.4, -0.2) is 79.4 Å². The molecule has 12 aromatic rings. The summed E-state index contributed by atoms with van der Waals surface area (Å²) in [6, 6.07) is 61.9. The van der Waals surface area contributed by atoms with Gasteiger partial charge in [0.1, 0.15) is 27.3 Å². The van der Waals surface area contributed by atoms with Crippen molar-refractivity contribution >= 4 is 140 Å². The molecule has 0 amide bonds. The van der Waals surface area contributed by atoms with Crippen LogP contribution in [0.15, 0.2) is 207 Å². The number of aliphatic hydroxyl groups excluding tert-OH is 3. The number of halogens is 7. The van der Waals surface area contributed by atoms with E-state index in [1.54, 1.807) is 6.07 Å². The van der Waals surface area contributed by atoms with Gasteiger partial charge in [0, 0.05) is 109 Å². The van der Waals surface area contributed by atoms with E-state index in [4.69, 9.17) is 28.4 Å². The highest BCUT2D eigenvalue weighted by Crippen LogP contribution is 2.24. The van der Waals surface area contributed by atoms with E-state index < -0.39 is 15.6 Å². The molecule has 0 fully saturated rings. The zero-order chi connectivity index (χ0) is 69.1. The molecular formula is C75H78Br4F3N8O7S+. The number of aryl methyl sites for hydroxylation is 4. The average Bonchev–Trinajstić information content (AvgIpc) is 1.15. The first-order valence-electron chi connectivity index (χ1n) is 30.0. The molecule has 514 valence electrons. The van der Waals surface area contributed by atoms with Gasteiger partial charge in [-0.1, -0.05) is 101 Å². The zero-order valence-electron chi connectivity index (χ0n) is 55.1. The van der Waals surface area contributed by atoms with Crippen molar-refractivity contribution in [2.45, 2.75) is 39.4 Å². The molecule has 0 saturated carbocycles. The summed E-state index contributed by atoms with van der Waals surface area (Å²) >= 11 is 3.00. The molecule has 0 aliphatic carbocycles. The summed E-state index contributed by atoms with van der Waals surface area (Å²) in [5.41, 5.74) is 10.2. The number of nitrogens with zero attached hydrogens (tertiary/aromatic N) is 8. The molecule has 7 heterocycles. The fourth-order valence-corrected chi connectivity index (χ4v) is 10.0. The van der Waals surface area contributed by atoms with Crippen LogP contribution in [0.5, 0.6) is 0 Å². The van der Waals surface area contributed by atoms with Crippen LogP contribution in [0.2, 0.25) is 0 Å². The Hall–Kier alpha value is -8.41. The maximum atomic E-state index is 10.9. The molecule has 0 radical (unpaired) electrons. The third kappa shape index (κ3) is 23.4. The van der Waals surface area contributed by atoms with Gasteiger partial charge < -0.3 is 63.0 Å². The Morgan fingerprint density at radius 3 is 1.24 bits per heavy atom. The second-order valence-electron chi connectivity index (χ2n) is 21.2. The fraction of sp³-hybridized carbons (Fsp3) is 0.187. The number of carbonyl (C=O) groups excluding carboxylic acids is 1. The molecule has 15 nitrogen and oxygen atoms in total. The summed E-state index contributed by atoms with van der Waals surface area (Å²) in [5, 5.41) is 40.3. The van der Waals surface area contributed by atoms with Crippen LogP contribution in [0.25, 0.3) is 91.0 Å². The lowest BCUT2D eigenvalue weighted by molar-refractivity contribution is -0.672. The summed E-state index contributed by atoms with van der Waals surface area (Å²) in [7, 11) is 2.03. The van der Waals surface area contributed by atoms with E-state index in [1.807, 2.05) is 110 Å². The van der Waals surface area contributed by atoms with Crippen molar-refractivity contribution in [2.75, 3.05) is 25.2 Å². The van der Waals surface area contributed by atoms with Gasteiger partial charge in [0.2, 0.25) is 22.1 Å². The Balaban J connectivity index is 0.000000335. The van der Waals surface area contributed by atoms with Crippen LogP contribution in [0.1, 0.15) is 62.3 Å². The molecule has 0 unspecified atom stereocenters. The van der Waals surface area contributed by atoms with Gasteiger partial charge in [0.15, 0.2) is 54.3 Å². The summed E-state index contributed by atoms with van der Waals surface area (Å²) in [6.07, 6.45) is 23.8. The maximum Gasteiger partial charge on any atom is 0.485 e. The van der Waals surface area contributed by atoms with Crippen LogP contribution >= 0.6 is 32.9 Å². The monoisotopic (exact) mass is 1610 g/mol.